The lowest BCUT2D eigenvalue weighted by atomic mass is 9.89. The van der Waals surface area contributed by atoms with Gasteiger partial charge in [-0.3, -0.25) is 24.0 Å². The lowest BCUT2D eigenvalue weighted by Crippen LogP contribution is -2.56. The second kappa shape index (κ2) is 11.6. The van der Waals surface area contributed by atoms with Gasteiger partial charge in [-0.05, 0) is 31.2 Å². The van der Waals surface area contributed by atoms with Crippen molar-refractivity contribution in [3.05, 3.63) is 115 Å². The predicted molar refractivity (Wildman–Crippen MR) is 151 cm³/mol. The minimum Gasteiger partial charge on any atom is -0.459 e. The van der Waals surface area contributed by atoms with Gasteiger partial charge < -0.3 is 19.9 Å². The number of aryl methyl sites for hydroxylation is 1. The third-order valence-electron chi connectivity index (χ3n) is 7.07. The number of ether oxygens (including phenoxy) is 2. The van der Waals surface area contributed by atoms with Crippen LogP contribution in [0.2, 0.25) is 0 Å². The highest BCUT2D eigenvalue weighted by atomic mass is 32.2. The summed E-state index contributed by atoms with van der Waals surface area (Å²) < 4.78 is 43.9. The molecule has 3 N–H and O–H groups in total. The van der Waals surface area contributed by atoms with Crippen LogP contribution in [0.1, 0.15) is 32.5 Å². The summed E-state index contributed by atoms with van der Waals surface area (Å²) in [6.45, 7) is 0.686. The molecular weight excluding hydrogens is 600 g/mol. The number of esters is 1. The summed E-state index contributed by atoms with van der Waals surface area (Å²) in [4.78, 5) is 63.5. The van der Waals surface area contributed by atoms with Crippen molar-refractivity contribution in [3.8, 4) is 0 Å². The van der Waals surface area contributed by atoms with E-state index in [0.29, 0.717) is 5.41 Å². The molecule has 3 amide bonds. The van der Waals surface area contributed by atoms with Gasteiger partial charge in [-0.1, -0.05) is 36.4 Å². The molecule has 0 aliphatic carbocycles. The molecule has 0 radical (unpaired) electrons. The fourth-order valence-corrected chi connectivity index (χ4v) is 6.20. The van der Waals surface area contributed by atoms with Crippen LogP contribution < -0.4 is 21.9 Å². The van der Waals surface area contributed by atoms with Crippen LogP contribution in [0, 0.1) is 6.92 Å². The summed E-state index contributed by atoms with van der Waals surface area (Å²) in [5.41, 5.74) is -4.23. The van der Waals surface area contributed by atoms with E-state index < -0.39 is 75.6 Å². The molecule has 1 aromatic heterocycles. The van der Waals surface area contributed by atoms with Gasteiger partial charge in [0, 0.05) is 24.4 Å². The van der Waals surface area contributed by atoms with E-state index in [2.05, 4.69) is 10.6 Å². The molecule has 0 saturated carbocycles. The van der Waals surface area contributed by atoms with Gasteiger partial charge in [0.05, 0.1) is 16.7 Å². The number of hydrogen-bond donors (Lipinski definition) is 3. The average molecular weight is 627 g/mol. The zero-order valence-electron chi connectivity index (χ0n) is 23.2. The first-order valence-corrected chi connectivity index (χ1v) is 14.5. The van der Waals surface area contributed by atoms with Crippen molar-refractivity contribution >= 4 is 28.0 Å². The Morgan fingerprint density at radius 3 is 2.27 bits per heavy atom. The van der Waals surface area contributed by atoms with Crippen molar-refractivity contribution in [2.24, 2.45) is 7.05 Å². The molecule has 230 valence electrons. The van der Waals surface area contributed by atoms with Crippen LogP contribution in [0.25, 0.3) is 0 Å². The Bertz CT molecular complexity index is 1890. The quantitative estimate of drug-likeness (QED) is 0.247. The van der Waals surface area contributed by atoms with Crippen LogP contribution in [-0.4, -0.2) is 65.0 Å². The van der Waals surface area contributed by atoms with Crippen LogP contribution in [0.15, 0.2) is 87.6 Å². The molecule has 16 heteroatoms. The highest BCUT2D eigenvalue weighted by molar-refractivity contribution is 7.90. The Kier molecular flexibility index (Phi) is 8.09. The Morgan fingerprint density at radius 2 is 1.64 bits per heavy atom. The van der Waals surface area contributed by atoms with Crippen molar-refractivity contribution in [3.63, 3.8) is 0 Å². The molecule has 0 bridgehead atoms. The molecule has 2 aliphatic rings. The molecule has 1 saturated heterocycles. The van der Waals surface area contributed by atoms with Gasteiger partial charge in [0.1, 0.15) is 18.8 Å². The van der Waals surface area contributed by atoms with Crippen molar-refractivity contribution in [1.29, 1.82) is 0 Å². The average Bonchev–Trinajstić information content (AvgIpc) is 3.43. The van der Waals surface area contributed by atoms with E-state index in [0.717, 1.165) is 15.3 Å². The van der Waals surface area contributed by atoms with E-state index in [1.165, 1.54) is 38.2 Å². The first-order valence-electron chi connectivity index (χ1n) is 13.0. The van der Waals surface area contributed by atoms with Gasteiger partial charge in [-0.15, -0.1) is 0 Å². The molecular formula is C28H26N4O11S. The number of rotatable bonds is 6. The Labute approximate surface area is 249 Å². The number of carbonyl (C=O) groups is 3. The molecule has 5 rings (SSSR count). The van der Waals surface area contributed by atoms with Gasteiger partial charge in [0.2, 0.25) is 0 Å². The second-order valence-corrected chi connectivity index (χ2v) is 11.4. The fourth-order valence-electron chi connectivity index (χ4n) is 4.94. The largest absolute Gasteiger partial charge is 0.459 e. The van der Waals surface area contributed by atoms with E-state index in [-0.39, 0.29) is 16.7 Å². The van der Waals surface area contributed by atoms with Gasteiger partial charge in [0.25, 0.3) is 21.6 Å². The third kappa shape index (κ3) is 5.58. The summed E-state index contributed by atoms with van der Waals surface area (Å²) >= 11 is 0. The lowest BCUT2D eigenvalue weighted by molar-refractivity contribution is -0.0655. The first kappa shape index (κ1) is 30.6. The van der Waals surface area contributed by atoms with Crippen LogP contribution in [-0.2, 0) is 30.8 Å². The maximum Gasteiger partial charge on any atom is 0.338 e. The summed E-state index contributed by atoms with van der Waals surface area (Å²) in [5, 5.41) is 16.4. The maximum atomic E-state index is 13.0. The molecule has 1 fully saturated rings. The summed E-state index contributed by atoms with van der Waals surface area (Å²) in [6.07, 6.45) is -4.28. The molecule has 2 aromatic carbocycles. The zero-order chi connectivity index (χ0) is 31.8. The number of aromatic nitrogens is 2. The van der Waals surface area contributed by atoms with Crippen LogP contribution in [0.4, 0.5) is 4.79 Å². The van der Waals surface area contributed by atoms with E-state index in [4.69, 9.17) is 13.7 Å². The van der Waals surface area contributed by atoms with Crippen molar-refractivity contribution in [2.75, 3.05) is 6.61 Å². The minimum atomic E-state index is -4.62. The number of aliphatic hydroxyl groups excluding tert-OH is 1. The number of urea groups is 1. The molecule has 4 atom stereocenters. The number of aliphatic hydroxyl groups is 1. The van der Waals surface area contributed by atoms with E-state index >= 15 is 0 Å². The molecule has 15 nitrogen and oxygen atoms in total. The van der Waals surface area contributed by atoms with Crippen molar-refractivity contribution in [1.82, 2.24) is 19.8 Å². The van der Waals surface area contributed by atoms with Crippen LogP contribution >= 0.6 is 0 Å². The number of hydrogen-bond acceptors (Lipinski definition) is 11. The molecule has 1 spiro atoms. The summed E-state index contributed by atoms with van der Waals surface area (Å²) in [5.74, 6) is -1.65. The lowest BCUT2D eigenvalue weighted by Gasteiger charge is -2.32. The fraction of sp³-hybridized carbons (Fsp3) is 0.250. The topological polar surface area (TPSA) is 201 Å². The normalized spacial score (nSPS) is 23.6. The van der Waals surface area contributed by atoms with Crippen LogP contribution in [0.3, 0.4) is 0 Å². The molecule has 0 unspecified atom stereocenters. The van der Waals surface area contributed by atoms with Crippen LogP contribution in [0.5, 0.6) is 0 Å². The van der Waals surface area contributed by atoms with E-state index in [9.17, 15) is 37.5 Å². The monoisotopic (exact) mass is 626 g/mol. The van der Waals surface area contributed by atoms with Crippen molar-refractivity contribution in [2.45, 2.75) is 31.0 Å². The van der Waals surface area contributed by atoms with E-state index in [1.54, 1.807) is 36.4 Å². The second-order valence-electron chi connectivity index (χ2n) is 9.97. The summed E-state index contributed by atoms with van der Waals surface area (Å²) in [7, 11) is -3.43. The van der Waals surface area contributed by atoms with Gasteiger partial charge in [0.15, 0.2) is 11.8 Å². The minimum absolute atomic E-state index is 0.0866. The van der Waals surface area contributed by atoms with Gasteiger partial charge in [-0.2, -0.15) is 8.42 Å². The highest BCUT2D eigenvalue weighted by Crippen LogP contribution is 2.48. The number of amides is 3. The molecule has 3 heterocycles. The Morgan fingerprint density at radius 1 is 1.02 bits per heavy atom. The smallest absolute Gasteiger partial charge is 0.338 e. The Hall–Kier alpha value is -4.90. The Balaban J connectivity index is 1.52. The number of benzene rings is 2. The number of nitrogens with one attached hydrogen (secondary N) is 2. The maximum absolute atomic E-state index is 13.0. The molecule has 44 heavy (non-hydrogen) atoms. The van der Waals surface area contributed by atoms with Gasteiger partial charge in [-0.25, -0.2) is 18.6 Å². The SMILES string of the molecule is Cc1cn([C@@H]2O[C@H](COC(=O)c3ccccc3)[C@@]3(OS(=O)(=O)C=C3NC(=O)NC(=O)c3ccccc3)[C@H]2O)c(=O)n(C)c1=O. The third-order valence-corrected chi connectivity index (χ3v) is 8.10. The van der Waals surface area contributed by atoms with E-state index in [1.807, 2.05) is 0 Å². The predicted octanol–water partition coefficient (Wildman–Crippen LogP) is 0.0505. The van der Waals surface area contributed by atoms with Gasteiger partial charge >= 0.3 is 17.7 Å². The number of nitrogens with zero attached hydrogens (tertiary/aromatic N) is 2. The number of imide groups is 1. The highest BCUT2D eigenvalue weighted by Gasteiger charge is 2.66. The molecule has 2 aliphatic heterocycles. The first-order chi connectivity index (χ1) is 20.8. The zero-order valence-corrected chi connectivity index (χ0v) is 24.0. The summed E-state index contributed by atoms with van der Waals surface area (Å²) in [6, 6.07) is 14.3. The standard InChI is InChI=1S/C28H26N4O11S/c1-16-13-32(27(38)31(2)23(16)35)24-21(33)28(20(42-24)14-41-25(36)18-11-7-4-8-12-18)19(15-44(39,40)43-28)29-26(37)30-22(34)17-9-5-3-6-10-17/h3-13,15,20-21,24,33H,14H2,1-2H3,(H2,29,30,34,37)/t20-,21+,24-,28-/m1/s1. The molecule has 3 aromatic rings. The number of carbonyl (C=O) groups excluding carboxylic acids is 3. The van der Waals surface area contributed by atoms with Crippen molar-refractivity contribution < 1.29 is 41.6 Å².